The third kappa shape index (κ3) is 3.92. The monoisotopic (exact) mass is 349 g/mol. The molecular weight excluding hydrogens is 329 g/mol. The minimum atomic E-state index is -0.182. The molecule has 3 heteroatoms. The minimum Gasteiger partial charge on any atom is -0.306 e. The Morgan fingerprint density at radius 3 is 2.24 bits per heavy atom. The van der Waals surface area contributed by atoms with Crippen LogP contribution in [-0.2, 0) is 0 Å². The highest BCUT2D eigenvalue weighted by Crippen LogP contribution is 2.29. The molecule has 0 aliphatic rings. The van der Waals surface area contributed by atoms with Crippen LogP contribution in [0.3, 0.4) is 0 Å². The van der Waals surface area contributed by atoms with Gasteiger partial charge in [-0.1, -0.05) is 35.0 Å². The predicted octanol–water partition coefficient (Wildman–Crippen LogP) is 5.29. The van der Waals surface area contributed by atoms with Gasteiger partial charge in [-0.2, -0.15) is 0 Å². The van der Waals surface area contributed by atoms with Crippen molar-refractivity contribution >= 4 is 15.9 Å². The van der Waals surface area contributed by atoms with Crippen LogP contribution >= 0.6 is 15.9 Å². The summed E-state index contributed by atoms with van der Waals surface area (Å²) < 4.78 is 14.4. The van der Waals surface area contributed by atoms with Crippen molar-refractivity contribution in [3.8, 4) is 0 Å². The minimum absolute atomic E-state index is 0.0960. The van der Waals surface area contributed by atoms with Gasteiger partial charge in [0.15, 0.2) is 0 Å². The third-order valence-corrected chi connectivity index (χ3v) is 4.18. The maximum absolute atomic E-state index is 13.4. The summed E-state index contributed by atoms with van der Waals surface area (Å²) in [7, 11) is 0. The van der Waals surface area contributed by atoms with Crippen LogP contribution in [0.2, 0.25) is 0 Å². The van der Waals surface area contributed by atoms with Crippen LogP contribution in [-0.4, -0.2) is 6.54 Å². The van der Waals surface area contributed by atoms with Crippen LogP contribution in [0, 0.1) is 19.7 Å². The van der Waals surface area contributed by atoms with Crippen LogP contribution in [0.5, 0.6) is 0 Å². The second-order valence-corrected chi connectivity index (χ2v) is 6.30. The lowest BCUT2D eigenvalue weighted by Gasteiger charge is -2.23. The van der Waals surface area contributed by atoms with Crippen molar-refractivity contribution in [1.29, 1.82) is 0 Å². The maximum Gasteiger partial charge on any atom is 0.123 e. The molecule has 2 rings (SSSR count). The van der Waals surface area contributed by atoms with Crippen molar-refractivity contribution in [2.24, 2.45) is 0 Å². The molecule has 21 heavy (non-hydrogen) atoms. The molecule has 0 spiro atoms. The highest BCUT2D eigenvalue weighted by atomic mass is 79.9. The van der Waals surface area contributed by atoms with Gasteiger partial charge < -0.3 is 5.32 Å². The van der Waals surface area contributed by atoms with Crippen molar-refractivity contribution in [3.05, 3.63) is 68.9 Å². The van der Waals surface area contributed by atoms with E-state index in [0.29, 0.717) is 0 Å². The summed E-state index contributed by atoms with van der Waals surface area (Å²) in [4.78, 5) is 0. The first kappa shape index (κ1) is 16.2. The predicted molar refractivity (Wildman–Crippen MR) is 90.2 cm³/mol. The Hall–Kier alpha value is -1.19. The molecule has 0 bridgehead atoms. The molecule has 0 aliphatic carbocycles. The van der Waals surface area contributed by atoms with Gasteiger partial charge in [0.1, 0.15) is 5.82 Å². The molecule has 0 aliphatic heterocycles. The highest BCUT2D eigenvalue weighted by Gasteiger charge is 2.17. The maximum atomic E-state index is 13.4. The van der Waals surface area contributed by atoms with Gasteiger partial charge in [-0.25, -0.2) is 4.39 Å². The molecule has 0 saturated heterocycles. The number of hydrogen-bond acceptors (Lipinski definition) is 1. The van der Waals surface area contributed by atoms with Crippen molar-refractivity contribution in [1.82, 2.24) is 5.32 Å². The lowest BCUT2D eigenvalue weighted by molar-refractivity contribution is 0.588. The van der Waals surface area contributed by atoms with Gasteiger partial charge in [-0.15, -0.1) is 0 Å². The van der Waals surface area contributed by atoms with E-state index in [0.717, 1.165) is 28.6 Å². The van der Waals surface area contributed by atoms with Crippen LogP contribution in [0.15, 0.2) is 40.9 Å². The van der Waals surface area contributed by atoms with Gasteiger partial charge in [0.05, 0.1) is 6.04 Å². The highest BCUT2D eigenvalue weighted by molar-refractivity contribution is 9.10. The number of halogens is 2. The quantitative estimate of drug-likeness (QED) is 0.772. The van der Waals surface area contributed by atoms with Gasteiger partial charge in [0.2, 0.25) is 0 Å². The number of benzene rings is 2. The van der Waals surface area contributed by atoms with Crippen molar-refractivity contribution in [2.75, 3.05) is 6.54 Å². The Labute approximate surface area is 134 Å². The molecule has 112 valence electrons. The lowest BCUT2D eigenvalue weighted by atomic mass is 9.92. The molecule has 0 aromatic heterocycles. The van der Waals surface area contributed by atoms with Crippen molar-refractivity contribution in [2.45, 2.75) is 33.2 Å². The number of nitrogens with one attached hydrogen (secondary N) is 1. The zero-order chi connectivity index (χ0) is 15.4. The van der Waals surface area contributed by atoms with Crippen molar-refractivity contribution < 1.29 is 4.39 Å². The molecule has 0 heterocycles. The first-order chi connectivity index (χ1) is 10.0. The van der Waals surface area contributed by atoms with Gasteiger partial charge in [0.25, 0.3) is 0 Å². The lowest BCUT2D eigenvalue weighted by Crippen LogP contribution is -2.24. The topological polar surface area (TPSA) is 12.0 Å². The average Bonchev–Trinajstić information content (AvgIpc) is 2.42. The molecule has 0 radical (unpaired) electrons. The van der Waals surface area contributed by atoms with E-state index in [1.54, 1.807) is 6.07 Å². The summed E-state index contributed by atoms with van der Waals surface area (Å²) in [6.07, 6.45) is 1.06. The zero-order valence-electron chi connectivity index (χ0n) is 12.7. The van der Waals surface area contributed by atoms with E-state index in [1.807, 2.05) is 13.0 Å². The smallest absolute Gasteiger partial charge is 0.123 e. The average molecular weight is 350 g/mol. The number of rotatable bonds is 5. The summed E-state index contributed by atoms with van der Waals surface area (Å²) in [6, 6.07) is 11.4. The van der Waals surface area contributed by atoms with E-state index in [1.165, 1.54) is 17.2 Å². The Balaban J connectivity index is 2.46. The Morgan fingerprint density at radius 1 is 1.05 bits per heavy atom. The van der Waals surface area contributed by atoms with Gasteiger partial charge in [-0.05, 0) is 73.3 Å². The Kier molecular flexibility index (Phi) is 5.54. The van der Waals surface area contributed by atoms with Crippen LogP contribution in [0.1, 0.15) is 41.6 Å². The Bertz CT molecular complexity index is 573. The largest absolute Gasteiger partial charge is 0.306 e. The fourth-order valence-electron chi connectivity index (χ4n) is 2.60. The van der Waals surface area contributed by atoms with E-state index < -0.39 is 0 Å². The normalized spacial score (nSPS) is 12.4. The molecule has 0 fully saturated rings. The van der Waals surface area contributed by atoms with Crippen LogP contribution < -0.4 is 5.32 Å². The molecular formula is C18H21BrFN. The molecule has 1 unspecified atom stereocenters. The number of hydrogen-bond donors (Lipinski definition) is 1. The third-order valence-electron chi connectivity index (χ3n) is 3.68. The first-order valence-electron chi connectivity index (χ1n) is 7.28. The molecule has 2 aromatic carbocycles. The fourth-order valence-corrected chi connectivity index (χ4v) is 3.08. The van der Waals surface area contributed by atoms with Crippen LogP contribution in [0.25, 0.3) is 0 Å². The van der Waals surface area contributed by atoms with Gasteiger partial charge in [-0.3, -0.25) is 0 Å². The molecule has 2 aromatic rings. The van der Waals surface area contributed by atoms with E-state index in [9.17, 15) is 4.39 Å². The van der Waals surface area contributed by atoms with E-state index in [-0.39, 0.29) is 11.9 Å². The summed E-state index contributed by atoms with van der Waals surface area (Å²) in [5.41, 5.74) is 4.57. The van der Waals surface area contributed by atoms with Crippen LogP contribution in [0.4, 0.5) is 4.39 Å². The molecule has 0 saturated carbocycles. The SMILES string of the molecule is CCCNC(c1ccc(F)cc1C)c1ccc(Br)cc1C. The van der Waals surface area contributed by atoms with E-state index >= 15 is 0 Å². The van der Waals surface area contributed by atoms with Crippen molar-refractivity contribution in [3.63, 3.8) is 0 Å². The second kappa shape index (κ2) is 7.19. The molecule has 1 N–H and O–H groups in total. The molecule has 1 atom stereocenters. The standard InChI is InChI=1S/C18H21BrFN/c1-4-9-21-18(16-7-5-14(19)10-12(16)2)17-8-6-15(20)11-13(17)3/h5-8,10-11,18,21H,4,9H2,1-3H3. The summed E-state index contributed by atoms with van der Waals surface area (Å²) in [5, 5.41) is 3.58. The zero-order valence-corrected chi connectivity index (χ0v) is 14.3. The molecule has 1 nitrogen and oxygen atoms in total. The first-order valence-corrected chi connectivity index (χ1v) is 8.07. The summed E-state index contributed by atoms with van der Waals surface area (Å²) in [5.74, 6) is -0.182. The Morgan fingerprint density at radius 2 is 1.67 bits per heavy atom. The summed E-state index contributed by atoms with van der Waals surface area (Å²) in [6.45, 7) is 7.15. The number of aryl methyl sites for hydroxylation is 2. The van der Waals surface area contributed by atoms with E-state index in [4.69, 9.17) is 0 Å². The fraction of sp³-hybridized carbons (Fsp3) is 0.333. The molecule has 0 amide bonds. The van der Waals surface area contributed by atoms with E-state index in [2.05, 4.69) is 53.3 Å². The van der Waals surface area contributed by atoms with Gasteiger partial charge >= 0.3 is 0 Å². The summed E-state index contributed by atoms with van der Waals surface area (Å²) >= 11 is 3.51. The van der Waals surface area contributed by atoms with Gasteiger partial charge in [0, 0.05) is 4.47 Å². The second-order valence-electron chi connectivity index (χ2n) is 5.39.